The Balaban J connectivity index is 1.67. The number of nitrogens with zero attached hydrogens (tertiary/aromatic N) is 1. The molecule has 312 valence electrons. The second kappa shape index (κ2) is 41.7. The Bertz CT molecular complexity index is 836. The lowest BCUT2D eigenvalue weighted by Gasteiger charge is -2.10. The summed E-state index contributed by atoms with van der Waals surface area (Å²) in [6, 6.07) is 8.44. The summed E-state index contributed by atoms with van der Waals surface area (Å²) in [7, 11) is 4.05. The molecule has 0 unspecified atom stereocenters. The molecule has 1 aromatic rings. The topological polar surface area (TPSA) is 114 Å². The van der Waals surface area contributed by atoms with Crippen molar-refractivity contribution in [3.63, 3.8) is 0 Å². The van der Waals surface area contributed by atoms with Gasteiger partial charge >= 0.3 is 0 Å². The first kappa shape index (κ1) is 49.6. The van der Waals surface area contributed by atoms with Crippen molar-refractivity contribution in [1.29, 1.82) is 0 Å². The molecule has 1 aromatic carbocycles. The van der Waals surface area contributed by atoms with Crippen LogP contribution in [0.1, 0.15) is 51.0 Å². The van der Waals surface area contributed by atoms with Crippen LogP contribution in [0.5, 0.6) is 5.75 Å². The molecule has 0 aliphatic heterocycles. The van der Waals surface area contributed by atoms with Gasteiger partial charge in [-0.05, 0) is 44.6 Å². The van der Waals surface area contributed by atoms with Crippen LogP contribution < -0.4 is 4.74 Å². The molecule has 53 heavy (non-hydrogen) atoms. The zero-order valence-electron chi connectivity index (χ0n) is 33.6. The van der Waals surface area contributed by atoms with E-state index in [0.29, 0.717) is 145 Å². The van der Waals surface area contributed by atoms with E-state index >= 15 is 0 Å². The summed E-state index contributed by atoms with van der Waals surface area (Å²) in [4.78, 5) is 2.09. The highest BCUT2D eigenvalue weighted by Gasteiger charge is 1.99. The van der Waals surface area contributed by atoms with Crippen LogP contribution in [0.2, 0.25) is 0 Å². The Kier molecular flexibility index (Phi) is 39.0. The molecule has 13 heteroatoms. The molecule has 0 saturated heterocycles. The minimum absolute atomic E-state index is 0.514. The van der Waals surface area contributed by atoms with Gasteiger partial charge in [-0.1, -0.05) is 51.2 Å². The van der Waals surface area contributed by atoms with Crippen LogP contribution in [0.4, 0.5) is 0 Å². The molecule has 0 N–H and O–H groups in total. The van der Waals surface area contributed by atoms with E-state index in [9.17, 15) is 0 Å². The van der Waals surface area contributed by atoms with Gasteiger partial charge in [-0.25, -0.2) is 0 Å². The lowest BCUT2D eigenvalue weighted by molar-refractivity contribution is -0.0278. The van der Waals surface area contributed by atoms with E-state index in [4.69, 9.17) is 56.8 Å². The van der Waals surface area contributed by atoms with Crippen molar-refractivity contribution in [3.8, 4) is 5.75 Å². The van der Waals surface area contributed by atoms with E-state index in [2.05, 4.69) is 36.1 Å². The van der Waals surface area contributed by atoms with Gasteiger partial charge in [0.25, 0.3) is 0 Å². The lowest BCUT2D eigenvalue weighted by atomic mass is 10.0. The molecular formula is C40H75NO12. The predicted octanol–water partition coefficient (Wildman–Crippen LogP) is 4.71. The standard InChI is InChI=1S/C40H75NO12/c1-4-5-6-7-8-9-10-39-11-13-40(14-12-39)53-38-37-52-36-35-51-34-33-50-32-31-49-30-29-48-28-27-47-26-25-46-24-23-45-22-21-44-20-19-43-18-17-42-16-15-41(2)3/h11-14H,4-10,15-38H2,1-3H3. The number of likely N-dealkylation sites (N-methyl/N-ethyl adjacent to an activating group) is 1. The van der Waals surface area contributed by atoms with Gasteiger partial charge in [0.1, 0.15) is 12.4 Å². The van der Waals surface area contributed by atoms with E-state index in [1.54, 1.807) is 0 Å². The smallest absolute Gasteiger partial charge is 0.119 e. The number of rotatable bonds is 44. The first-order valence-corrected chi connectivity index (χ1v) is 19.9. The molecule has 0 aliphatic carbocycles. The van der Waals surface area contributed by atoms with Gasteiger partial charge in [-0.2, -0.15) is 0 Å². The zero-order valence-corrected chi connectivity index (χ0v) is 33.6. The number of hydrogen-bond donors (Lipinski definition) is 0. The third-order valence-electron chi connectivity index (χ3n) is 7.64. The molecule has 0 saturated carbocycles. The molecule has 0 heterocycles. The fourth-order valence-electron chi connectivity index (χ4n) is 4.63. The highest BCUT2D eigenvalue weighted by atomic mass is 16.6. The Labute approximate surface area is 321 Å². The quantitative estimate of drug-likeness (QED) is 0.0857. The lowest BCUT2D eigenvalue weighted by Crippen LogP contribution is -2.19. The van der Waals surface area contributed by atoms with Gasteiger partial charge in [0.2, 0.25) is 0 Å². The predicted molar refractivity (Wildman–Crippen MR) is 207 cm³/mol. The highest BCUT2D eigenvalue weighted by molar-refractivity contribution is 5.27. The molecule has 0 atom stereocenters. The summed E-state index contributed by atoms with van der Waals surface area (Å²) in [5.74, 6) is 0.886. The molecule has 0 aromatic heterocycles. The third-order valence-corrected chi connectivity index (χ3v) is 7.64. The Morgan fingerprint density at radius 2 is 0.660 bits per heavy atom. The van der Waals surface area contributed by atoms with Gasteiger partial charge < -0.3 is 61.7 Å². The van der Waals surface area contributed by atoms with Gasteiger partial charge in [-0.3, -0.25) is 0 Å². The third kappa shape index (κ3) is 38.6. The molecule has 0 bridgehead atoms. The average molecular weight is 762 g/mol. The van der Waals surface area contributed by atoms with E-state index in [1.165, 1.54) is 44.1 Å². The summed E-state index contributed by atoms with van der Waals surface area (Å²) in [6.07, 6.45) is 9.09. The van der Waals surface area contributed by atoms with Gasteiger partial charge in [0, 0.05) is 6.54 Å². The maximum atomic E-state index is 5.78. The van der Waals surface area contributed by atoms with Crippen molar-refractivity contribution >= 4 is 0 Å². The van der Waals surface area contributed by atoms with Crippen LogP contribution in [0.25, 0.3) is 0 Å². The number of benzene rings is 1. The van der Waals surface area contributed by atoms with Crippen LogP contribution in [-0.4, -0.2) is 177 Å². The van der Waals surface area contributed by atoms with Crippen LogP contribution in [-0.2, 0) is 58.5 Å². The van der Waals surface area contributed by atoms with Gasteiger partial charge in [-0.15, -0.1) is 0 Å². The first-order chi connectivity index (χ1) is 26.2. The number of aryl methyl sites for hydroxylation is 1. The fraction of sp³-hybridized carbons (Fsp3) is 0.850. The van der Waals surface area contributed by atoms with Gasteiger partial charge in [0.05, 0.1) is 145 Å². The summed E-state index contributed by atoms with van der Waals surface area (Å²) in [5, 5.41) is 0. The van der Waals surface area contributed by atoms with Crippen molar-refractivity contribution in [3.05, 3.63) is 29.8 Å². The van der Waals surface area contributed by atoms with E-state index in [1.807, 2.05) is 14.1 Å². The summed E-state index contributed by atoms with van der Waals surface area (Å²) < 4.78 is 66.4. The van der Waals surface area contributed by atoms with Gasteiger partial charge in [0.15, 0.2) is 0 Å². The highest BCUT2D eigenvalue weighted by Crippen LogP contribution is 2.15. The molecule has 0 aliphatic rings. The Morgan fingerprint density at radius 1 is 0.358 bits per heavy atom. The maximum absolute atomic E-state index is 5.78. The van der Waals surface area contributed by atoms with Crippen molar-refractivity contribution in [2.75, 3.05) is 173 Å². The maximum Gasteiger partial charge on any atom is 0.119 e. The molecule has 0 radical (unpaired) electrons. The monoisotopic (exact) mass is 762 g/mol. The normalized spacial score (nSPS) is 11.6. The van der Waals surface area contributed by atoms with E-state index < -0.39 is 0 Å². The molecule has 13 nitrogen and oxygen atoms in total. The Hall–Kier alpha value is -1.46. The first-order valence-electron chi connectivity index (χ1n) is 19.9. The summed E-state index contributed by atoms with van der Waals surface area (Å²) in [6.45, 7) is 15.5. The SMILES string of the molecule is CCCCCCCCc1ccc(OCCOCCOCCOCCOCCOCCOCCOCCOCCOCCOCCOCCN(C)C)cc1. The van der Waals surface area contributed by atoms with Crippen molar-refractivity contribution < 1.29 is 56.8 Å². The molecule has 0 amide bonds. The summed E-state index contributed by atoms with van der Waals surface area (Å²) in [5.41, 5.74) is 1.38. The number of hydrogen-bond acceptors (Lipinski definition) is 13. The molecule has 0 spiro atoms. The van der Waals surface area contributed by atoms with Crippen LogP contribution >= 0.6 is 0 Å². The molecule has 1 rings (SSSR count). The van der Waals surface area contributed by atoms with E-state index in [0.717, 1.165) is 25.3 Å². The van der Waals surface area contributed by atoms with E-state index in [-0.39, 0.29) is 0 Å². The second-order valence-corrected chi connectivity index (χ2v) is 12.5. The number of ether oxygens (including phenoxy) is 12. The minimum atomic E-state index is 0.514. The second-order valence-electron chi connectivity index (χ2n) is 12.5. The Morgan fingerprint density at radius 3 is 1.00 bits per heavy atom. The fourth-order valence-corrected chi connectivity index (χ4v) is 4.63. The van der Waals surface area contributed by atoms with Crippen molar-refractivity contribution in [1.82, 2.24) is 4.90 Å². The minimum Gasteiger partial charge on any atom is -0.491 e. The van der Waals surface area contributed by atoms with Crippen molar-refractivity contribution in [2.45, 2.75) is 51.9 Å². The molecular weight excluding hydrogens is 686 g/mol. The largest absolute Gasteiger partial charge is 0.491 e. The summed E-state index contributed by atoms with van der Waals surface area (Å²) >= 11 is 0. The van der Waals surface area contributed by atoms with Crippen molar-refractivity contribution in [2.24, 2.45) is 0 Å². The number of unbranched alkanes of at least 4 members (excludes halogenated alkanes) is 5. The zero-order chi connectivity index (χ0) is 38.0. The van der Waals surface area contributed by atoms with Crippen LogP contribution in [0.3, 0.4) is 0 Å². The average Bonchev–Trinajstić information content (AvgIpc) is 3.16. The molecule has 0 fully saturated rings. The van der Waals surface area contributed by atoms with Crippen LogP contribution in [0, 0.1) is 0 Å². The van der Waals surface area contributed by atoms with Crippen LogP contribution in [0.15, 0.2) is 24.3 Å².